The molecule has 0 saturated carbocycles. The van der Waals surface area contributed by atoms with Crippen LogP contribution in [-0.4, -0.2) is 13.2 Å². The summed E-state index contributed by atoms with van der Waals surface area (Å²) >= 11 is 4.10. The van der Waals surface area contributed by atoms with Gasteiger partial charge < -0.3 is 4.74 Å². The zero-order valence-corrected chi connectivity index (χ0v) is 4.95. The Hall–Kier alpha value is 0.0500. The SMILES string of the molecule is SC1=CCCOC1. The molecule has 0 radical (unpaired) electrons. The smallest absolute Gasteiger partial charge is 0.0769 e. The standard InChI is InChI=1S/C5H8OS/c7-5-2-1-3-6-4-5/h2,7H,1,3-4H2. The van der Waals surface area contributed by atoms with Crippen molar-refractivity contribution in [3.05, 3.63) is 11.0 Å². The van der Waals surface area contributed by atoms with Crippen molar-refractivity contribution in [1.82, 2.24) is 0 Å². The summed E-state index contributed by atoms with van der Waals surface area (Å²) in [5.74, 6) is 0. The third kappa shape index (κ3) is 1.53. The molecule has 40 valence electrons. The first-order valence-electron chi connectivity index (χ1n) is 2.35. The van der Waals surface area contributed by atoms with Crippen molar-refractivity contribution < 1.29 is 4.74 Å². The highest BCUT2D eigenvalue weighted by Gasteiger charge is 1.95. The van der Waals surface area contributed by atoms with E-state index in [0.717, 1.165) is 17.9 Å². The van der Waals surface area contributed by atoms with E-state index in [-0.39, 0.29) is 0 Å². The summed E-state index contributed by atoms with van der Waals surface area (Å²) in [7, 11) is 0. The van der Waals surface area contributed by atoms with Crippen LogP contribution in [-0.2, 0) is 4.74 Å². The van der Waals surface area contributed by atoms with Crippen LogP contribution in [0, 0.1) is 0 Å². The van der Waals surface area contributed by atoms with Crippen molar-refractivity contribution in [1.29, 1.82) is 0 Å². The van der Waals surface area contributed by atoms with Gasteiger partial charge in [0.2, 0.25) is 0 Å². The number of rotatable bonds is 0. The largest absolute Gasteiger partial charge is 0.376 e. The Balaban J connectivity index is 2.40. The highest BCUT2D eigenvalue weighted by atomic mass is 32.1. The molecule has 0 bridgehead atoms. The van der Waals surface area contributed by atoms with Gasteiger partial charge in [0.15, 0.2) is 0 Å². The molecule has 1 rings (SSSR count). The Morgan fingerprint density at radius 2 is 2.57 bits per heavy atom. The van der Waals surface area contributed by atoms with Crippen LogP contribution in [0.2, 0.25) is 0 Å². The topological polar surface area (TPSA) is 9.23 Å². The van der Waals surface area contributed by atoms with E-state index in [1.165, 1.54) is 0 Å². The molecular weight excluding hydrogens is 108 g/mol. The van der Waals surface area contributed by atoms with Crippen LogP contribution in [0.25, 0.3) is 0 Å². The molecule has 0 N–H and O–H groups in total. The first kappa shape index (κ1) is 5.19. The fourth-order valence-corrected chi connectivity index (χ4v) is 0.765. The molecule has 0 spiro atoms. The zero-order valence-electron chi connectivity index (χ0n) is 4.05. The molecule has 1 heterocycles. The quantitative estimate of drug-likeness (QED) is 0.468. The van der Waals surface area contributed by atoms with Gasteiger partial charge in [-0.15, -0.1) is 12.6 Å². The van der Waals surface area contributed by atoms with Gasteiger partial charge in [0, 0.05) is 4.91 Å². The molecule has 1 nitrogen and oxygen atoms in total. The van der Waals surface area contributed by atoms with Crippen molar-refractivity contribution in [3.63, 3.8) is 0 Å². The zero-order chi connectivity index (χ0) is 5.11. The van der Waals surface area contributed by atoms with Gasteiger partial charge in [-0.25, -0.2) is 0 Å². The van der Waals surface area contributed by atoms with Crippen LogP contribution in [0.5, 0.6) is 0 Å². The molecule has 2 heteroatoms. The molecule has 0 fully saturated rings. The summed E-state index contributed by atoms with van der Waals surface area (Å²) in [4.78, 5) is 1.06. The van der Waals surface area contributed by atoms with E-state index in [0.29, 0.717) is 6.61 Å². The number of thiol groups is 1. The summed E-state index contributed by atoms with van der Waals surface area (Å²) in [5, 5.41) is 0. The minimum atomic E-state index is 0.711. The minimum absolute atomic E-state index is 0.711. The van der Waals surface area contributed by atoms with E-state index in [1.54, 1.807) is 0 Å². The lowest BCUT2D eigenvalue weighted by atomic mass is 10.3. The van der Waals surface area contributed by atoms with Gasteiger partial charge >= 0.3 is 0 Å². The van der Waals surface area contributed by atoms with Gasteiger partial charge in [0.25, 0.3) is 0 Å². The van der Waals surface area contributed by atoms with Crippen LogP contribution in [0.4, 0.5) is 0 Å². The van der Waals surface area contributed by atoms with E-state index >= 15 is 0 Å². The van der Waals surface area contributed by atoms with Crippen molar-refractivity contribution in [3.8, 4) is 0 Å². The molecule has 1 aliphatic rings. The number of hydrogen-bond acceptors (Lipinski definition) is 2. The molecule has 0 aromatic carbocycles. The summed E-state index contributed by atoms with van der Waals surface area (Å²) in [5.41, 5.74) is 0. The van der Waals surface area contributed by atoms with E-state index < -0.39 is 0 Å². The van der Waals surface area contributed by atoms with Crippen LogP contribution in [0.3, 0.4) is 0 Å². The fraction of sp³-hybridized carbons (Fsp3) is 0.600. The lowest BCUT2D eigenvalue weighted by molar-refractivity contribution is 0.156. The second kappa shape index (κ2) is 2.38. The normalized spacial score (nSPS) is 21.6. The molecule has 0 aliphatic carbocycles. The Bertz CT molecular complexity index is 88.1. The molecule has 0 saturated heterocycles. The maximum Gasteiger partial charge on any atom is 0.0769 e. The Morgan fingerprint density at radius 1 is 1.71 bits per heavy atom. The Kier molecular flexibility index (Phi) is 1.77. The van der Waals surface area contributed by atoms with Gasteiger partial charge in [-0.2, -0.15) is 0 Å². The van der Waals surface area contributed by atoms with Gasteiger partial charge in [-0.3, -0.25) is 0 Å². The highest BCUT2D eigenvalue weighted by molar-refractivity contribution is 7.84. The molecule has 0 atom stereocenters. The monoisotopic (exact) mass is 116 g/mol. The summed E-state index contributed by atoms with van der Waals surface area (Å²) in [6, 6.07) is 0. The van der Waals surface area contributed by atoms with Gasteiger partial charge in [0.1, 0.15) is 0 Å². The van der Waals surface area contributed by atoms with E-state index in [9.17, 15) is 0 Å². The maximum atomic E-state index is 5.04. The predicted molar refractivity (Wildman–Crippen MR) is 32.5 cm³/mol. The second-order valence-electron chi connectivity index (χ2n) is 1.54. The molecule has 0 amide bonds. The van der Waals surface area contributed by atoms with Crippen LogP contribution < -0.4 is 0 Å². The van der Waals surface area contributed by atoms with Crippen molar-refractivity contribution in [2.24, 2.45) is 0 Å². The fourth-order valence-electron chi connectivity index (χ4n) is 0.545. The van der Waals surface area contributed by atoms with E-state index in [2.05, 4.69) is 18.7 Å². The van der Waals surface area contributed by atoms with Gasteiger partial charge in [-0.05, 0) is 6.42 Å². The summed E-state index contributed by atoms with van der Waals surface area (Å²) in [6.07, 6.45) is 3.12. The van der Waals surface area contributed by atoms with E-state index in [1.807, 2.05) is 0 Å². The third-order valence-corrected chi connectivity index (χ3v) is 1.20. The molecule has 0 aromatic heterocycles. The molecular formula is C5H8OS. The average molecular weight is 116 g/mol. The van der Waals surface area contributed by atoms with Crippen molar-refractivity contribution in [2.45, 2.75) is 6.42 Å². The van der Waals surface area contributed by atoms with Gasteiger partial charge in [0.05, 0.1) is 13.2 Å². The molecule has 0 aromatic rings. The van der Waals surface area contributed by atoms with Crippen LogP contribution in [0.15, 0.2) is 11.0 Å². The molecule has 0 unspecified atom stereocenters. The predicted octanol–water partition coefficient (Wildman–Crippen LogP) is 1.22. The van der Waals surface area contributed by atoms with Crippen LogP contribution in [0.1, 0.15) is 6.42 Å². The van der Waals surface area contributed by atoms with Gasteiger partial charge in [-0.1, -0.05) is 6.08 Å². The minimum Gasteiger partial charge on any atom is -0.376 e. The second-order valence-corrected chi connectivity index (χ2v) is 2.11. The Morgan fingerprint density at radius 3 is 2.86 bits per heavy atom. The third-order valence-electron chi connectivity index (χ3n) is 0.892. The maximum absolute atomic E-state index is 5.04. The van der Waals surface area contributed by atoms with Crippen LogP contribution >= 0.6 is 12.6 Å². The summed E-state index contributed by atoms with van der Waals surface area (Å²) < 4.78 is 5.04. The summed E-state index contributed by atoms with van der Waals surface area (Å²) in [6.45, 7) is 1.58. The highest BCUT2D eigenvalue weighted by Crippen LogP contribution is 2.07. The molecule has 7 heavy (non-hydrogen) atoms. The average Bonchev–Trinajstić information content (AvgIpc) is 1.69. The first-order valence-corrected chi connectivity index (χ1v) is 2.80. The Labute approximate surface area is 48.8 Å². The van der Waals surface area contributed by atoms with E-state index in [4.69, 9.17) is 4.74 Å². The number of ether oxygens (including phenoxy) is 1. The van der Waals surface area contributed by atoms with Crippen molar-refractivity contribution in [2.75, 3.05) is 13.2 Å². The lowest BCUT2D eigenvalue weighted by Crippen LogP contribution is -2.01. The van der Waals surface area contributed by atoms with Crippen molar-refractivity contribution >= 4 is 12.6 Å². The lowest BCUT2D eigenvalue weighted by Gasteiger charge is -2.06. The number of hydrogen-bond donors (Lipinski definition) is 1. The molecule has 1 aliphatic heterocycles. The first-order chi connectivity index (χ1) is 3.39.